The molecule has 0 aliphatic carbocycles. The van der Waals surface area contributed by atoms with E-state index in [0.717, 1.165) is 6.07 Å². The molecule has 1 N–H and O–H groups in total. The summed E-state index contributed by atoms with van der Waals surface area (Å²) in [6.07, 6.45) is -10.2. The Morgan fingerprint density at radius 3 is 2.00 bits per heavy atom. The minimum absolute atomic E-state index is 0.0692. The first-order valence-corrected chi connectivity index (χ1v) is 10.9. The first kappa shape index (κ1) is 25.0. The largest absolute Gasteiger partial charge is 0.416 e. The van der Waals surface area contributed by atoms with Crippen molar-refractivity contribution >= 4 is 21.6 Å². The van der Waals surface area contributed by atoms with Crippen LogP contribution in [0.5, 0.6) is 0 Å². The van der Waals surface area contributed by atoms with Crippen molar-refractivity contribution in [3.05, 3.63) is 58.7 Å². The first-order valence-electron chi connectivity index (χ1n) is 9.49. The predicted molar refractivity (Wildman–Crippen MR) is 105 cm³/mol. The molecule has 180 valence electrons. The van der Waals surface area contributed by atoms with Gasteiger partial charge in [0.25, 0.3) is 5.91 Å². The number of rotatable bonds is 4. The van der Waals surface area contributed by atoms with E-state index in [4.69, 9.17) is 4.74 Å². The van der Waals surface area contributed by atoms with E-state index in [9.17, 15) is 39.6 Å². The number of carbonyl (C=O) groups is 1. The number of anilines is 1. The third-order valence-electron chi connectivity index (χ3n) is 4.91. The second kappa shape index (κ2) is 8.95. The van der Waals surface area contributed by atoms with Crippen molar-refractivity contribution in [1.82, 2.24) is 4.31 Å². The van der Waals surface area contributed by atoms with Gasteiger partial charge in [0.05, 0.1) is 29.2 Å². The molecule has 1 heterocycles. The molecule has 33 heavy (non-hydrogen) atoms. The number of morpholine rings is 1. The lowest BCUT2D eigenvalue weighted by Gasteiger charge is -2.26. The highest BCUT2D eigenvalue weighted by atomic mass is 32.2. The third kappa shape index (κ3) is 5.65. The first-order chi connectivity index (χ1) is 15.2. The van der Waals surface area contributed by atoms with E-state index in [1.54, 1.807) is 0 Å². The van der Waals surface area contributed by atoms with Gasteiger partial charge in [-0.05, 0) is 42.8 Å². The van der Waals surface area contributed by atoms with Crippen LogP contribution in [0.15, 0.2) is 41.3 Å². The van der Waals surface area contributed by atoms with Crippen LogP contribution in [0.4, 0.5) is 32.0 Å². The van der Waals surface area contributed by atoms with Gasteiger partial charge in [-0.3, -0.25) is 4.79 Å². The number of carbonyl (C=O) groups excluding carboxylic acids is 1. The fourth-order valence-corrected chi connectivity index (χ4v) is 4.55. The van der Waals surface area contributed by atoms with Crippen molar-refractivity contribution in [3.63, 3.8) is 0 Å². The molecule has 0 unspecified atom stereocenters. The van der Waals surface area contributed by atoms with Gasteiger partial charge in [0.15, 0.2) is 0 Å². The average molecular weight is 496 g/mol. The Kier molecular flexibility index (Phi) is 6.78. The highest BCUT2D eigenvalue weighted by Crippen LogP contribution is 2.36. The van der Waals surface area contributed by atoms with Crippen LogP contribution in [0.25, 0.3) is 0 Å². The van der Waals surface area contributed by atoms with Crippen LogP contribution in [0.2, 0.25) is 0 Å². The zero-order valence-corrected chi connectivity index (χ0v) is 17.9. The summed E-state index contributed by atoms with van der Waals surface area (Å²) in [5, 5.41) is 2.22. The van der Waals surface area contributed by atoms with Gasteiger partial charge in [-0.25, -0.2) is 8.42 Å². The maximum absolute atomic E-state index is 13.1. The summed E-state index contributed by atoms with van der Waals surface area (Å²) in [6, 6.07) is 4.29. The van der Waals surface area contributed by atoms with Crippen molar-refractivity contribution in [2.75, 3.05) is 31.6 Å². The topological polar surface area (TPSA) is 75.7 Å². The molecule has 6 nitrogen and oxygen atoms in total. The van der Waals surface area contributed by atoms with Crippen LogP contribution in [-0.2, 0) is 27.1 Å². The predicted octanol–water partition coefficient (Wildman–Crippen LogP) is 4.31. The molecule has 2 aromatic rings. The van der Waals surface area contributed by atoms with E-state index in [2.05, 4.69) is 5.32 Å². The summed E-state index contributed by atoms with van der Waals surface area (Å²) in [5.41, 5.74) is -3.86. The van der Waals surface area contributed by atoms with E-state index in [1.165, 1.54) is 23.4 Å². The summed E-state index contributed by atoms with van der Waals surface area (Å²) in [6.45, 7) is 2.12. The molecule has 0 atom stereocenters. The number of benzene rings is 2. The second-order valence-electron chi connectivity index (χ2n) is 7.24. The van der Waals surface area contributed by atoms with Crippen LogP contribution in [-0.4, -0.2) is 44.9 Å². The quantitative estimate of drug-likeness (QED) is 0.641. The molecule has 3 rings (SSSR count). The number of nitrogens with zero attached hydrogens (tertiary/aromatic N) is 1. The number of ether oxygens (including phenoxy) is 1. The lowest BCUT2D eigenvalue weighted by molar-refractivity contribution is -0.143. The number of hydrogen-bond donors (Lipinski definition) is 1. The van der Waals surface area contributed by atoms with Crippen molar-refractivity contribution in [2.24, 2.45) is 0 Å². The highest BCUT2D eigenvalue weighted by molar-refractivity contribution is 7.89. The van der Waals surface area contributed by atoms with Crippen molar-refractivity contribution in [1.29, 1.82) is 0 Å². The molecule has 0 aromatic heterocycles. The molecule has 1 fully saturated rings. The van der Waals surface area contributed by atoms with E-state index in [1.807, 2.05) is 0 Å². The van der Waals surface area contributed by atoms with Gasteiger partial charge in [-0.2, -0.15) is 30.6 Å². The number of hydrogen-bond acceptors (Lipinski definition) is 4. The minimum atomic E-state index is -5.11. The molecule has 1 amide bonds. The van der Waals surface area contributed by atoms with Crippen molar-refractivity contribution in [2.45, 2.75) is 24.2 Å². The second-order valence-corrected chi connectivity index (χ2v) is 9.18. The number of halogens is 6. The smallest absolute Gasteiger partial charge is 0.379 e. The van der Waals surface area contributed by atoms with Crippen molar-refractivity contribution < 1.29 is 44.3 Å². The summed E-state index contributed by atoms with van der Waals surface area (Å²) in [5.74, 6) is -1.25. The van der Waals surface area contributed by atoms with E-state index >= 15 is 0 Å². The summed E-state index contributed by atoms with van der Waals surface area (Å²) in [7, 11) is -3.95. The van der Waals surface area contributed by atoms with Crippen LogP contribution in [0.3, 0.4) is 0 Å². The molecule has 2 aromatic carbocycles. The van der Waals surface area contributed by atoms with Gasteiger partial charge >= 0.3 is 12.4 Å². The Bertz CT molecular complexity index is 1120. The number of sulfonamides is 1. The molecule has 1 saturated heterocycles. The Morgan fingerprint density at radius 1 is 0.939 bits per heavy atom. The molecular formula is C20H18F6N2O4S. The molecule has 1 aliphatic rings. The van der Waals surface area contributed by atoms with Gasteiger partial charge in [0.1, 0.15) is 0 Å². The maximum Gasteiger partial charge on any atom is 0.416 e. The average Bonchev–Trinajstić information content (AvgIpc) is 2.74. The molecule has 1 aliphatic heterocycles. The number of aryl methyl sites for hydroxylation is 1. The SMILES string of the molecule is Cc1ccc(S(=O)(=O)N2CCOCC2)cc1NC(=O)c1cc(C(F)(F)F)cc(C(F)(F)F)c1. The standard InChI is InChI=1S/C20H18F6N2O4S/c1-12-2-3-16(33(30,31)28-4-6-32-7-5-28)11-17(12)27-18(29)13-8-14(19(21,22)23)10-15(9-13)20(24,25)26/h2-3,8-11H,4-7H2,1H3,(H,27,29). The fraction of sp³-hybridized carbons (Fsp3) is 0.350. The normalized spacial score (nSPS) is 16.0. The molecule has 13 heteroatoms. The molecule has 0 spiro atoms. The molecule has 0 saturated carbocycles. The number of alkyl halides is 6. The summed E-state index contributed by atoms with van der Waals surface area (Å²) < 4.78 is 110. The lowest BCUT2D eigenvalue weighted by Crippen LogP contribution is -2.40. The van der Waals surface area contributed by atoms with Crippen LogP contribution >= 0.6 is 0 Å². The Labute approximate surface area is 185 Å². The highest BCUT2D eigenvalue weighted by Gasteiger charge is 2.37. The molecule has 0 bridgehead atoms. The van der Waals surface area contributed by atoms with Crippen LogP contribution in [0, 0.1) is 6.92 Å². The summed E-state index contributed by atoms with van der Waals surface area (Å²) >= 11 is 0. The number of amides is 1. The van der Waals surface area contributed by atoms with Crippen LogP contribution < -0.4 is 5.32 Å². The van der Waals surface area contributed by atoms with Crippen molar-refractivity contribution in [3.8, 4) is 0 Å². The number of nitrogens with one attached hydrogen (secondary N) is 1. The van der Waals surface area contributed by atoms with Gasteiger partial charge in [-0.15, -0.1) is 0 Å². The molecule has 0 radical (unpaired) electrons. The lowest BCUT2D eigenvalue weighted by atomic mass is 10.0. The van der Waals surface area contributed by atoms with Gasteiger partial charge in [0, 0.05) is 24.3 Å². The Hall–Kier alpha value is -2.64. The van der Waals surface area contributed by atoms with Gasteiger partial charge in [-0.1, -0.05) is 6.07 Å². The van der Waals surface area contributed by atoms with Gasteiger partial charge in [0.2, 0.25) is 10.0 Å². The Balaban J connectivity index is 1.96. The molecular weight excluding hydrogens is 478 g/mol. The third-order valence-corrected chi connectivity index (χ3v) is 6.81. The van der Waals surface area contributed by atoms with Crippen LogP contribution in [0.1, 0.15) is 27.0 Å². The zero-order valence-electron chi connectivity index (χ0n) is 17.0. The van der Waals surface area contributed by atoms with E-state index in [0.29, 0.717) is 17.7 Å². The monoisotopic (exact) mass is 496 g/mol. The summed E-state index contributed by atoms with van der Waals surface area (Å²) in [4.78, 5) is 12.4. The van der Waals surface area contributed by atoms with E-state index in [-0.39, 0.29) is 43.0 Å². The minimum Gasteiger partial charge on any atom is -0.379 e. The van der Waals surface area contributed by atoms with E-state index < -0.39 is 45.0 Å². The maximum atomic E-state index is 13.1. The Morgan fingerprint density at radius 2 is 1.48 bits per heavy atom. The van der Waals surface area contributed by atoms with Gasteiger partial charge < -0.3 is 10.1 Å². The fourth-order valence-electron chi connectivity index (χ4n) is 3.11. The zero-order chi connectivity index (χ0) is 24.6.